The van der Waals surface area contributed by atoms with Crippen LogP contribution in [0, 0.1) is 17.8 Å². The van der Waals surface area contributed by atoms with Crippen molar-refractivity contribution in [3.05, 3.63) is 0 Å². The second-order valence-electron chi connectivity index (χ2n) is 6.51. The van der Waals surface area contributed by atoms with Gasteiger partial charge in [0.25, 0.3) is 0 Å². The van der Waals surface area contributed by atoms with E-state index in [1.807, 2.05) is 4.90 Å². The third-order valence-corrected chi connectivity index (χ3v) is 4.88. The summed E-state index contributed by atoms with van der Waals surface area (Å²) in [7, 11) is 0. The molecule has 0 radical (unpaired) electrons. The molecule has 0 aromatic heterocycles. The topological polar surface area (TPSA) is 57.6 Å². The second-order valence-corrected chi connectivity index (χ2v) is 6.51. The van der Waals surface area contributed by atoms with Crippen LogP contribution in [-0.2, 0) is 9.59 Å². The number of carboxylic acid groups (broad SMARTS) is 1. The molecule has 0 aromatic rings. The minimum absolute atomic E-state index is 0.125. The summed E-state index contributed by atoms with van der Waals surface area (Å²) >= 11 is 0. The van der Waals surface area contributed by atoms with E-state index in [4.69, 9.17) is 5.11 Å². The standard InChI is InChI=1S/C15H23NO3/c17-14(12-8-13(12)15(18)19)16(11-6-7-11)9-10-4-2-1-3-5-10/h10-13H,1-9H2,(H,18,19)/t12-,13+/m1/s1. The molecule has 0 unspecified atom stereocenters. The van der Waals surface area contributed by atoms with Gasteiger partial charge in [0, 0.05) is 12.6 Å². The molecule has 3 aliphatic carbocycles. The zero-order chi connectivity index (χ0) is 13.4. The minimum Gasteiger partial charge on any atom is -0.481 e. The van der Waals surface area contributed by atoms with E-state index in [1.54, 1.807) is 0 Å². The number of nitrogens with zero attached hydrogens (tertiary/aromatic N) is 1. The van der Waals surface area contributed by atoms with Crippen molar-refractivity contribution < 1.29 is 14.7 Å². The average Bonchev–Trinajstić information content (AvgIpc) is 3.29. The van der Waals surface area contributed by atoms with Crippen molar-refractivity contribution in [1.29, 1.82) is 0 Å². The van der Waals surface area contributed by atoms with Gasteiger partial charge in [-0.15, -0.1) is 0 Å². The van der Waals surface area contributed by atoms with Gasteiger partial charge in [-0.25, -0.2) is 0 Å². The molecule has 0 bridgehead atoms. The molecule has 3 aliphatic rings. The molecule has 106 valence electrons. The highest BCUT2D eigenvalue weighted by Crippen LogP contribution is 2.43. The van der Waals surface area contributed by atoms with Crippen molar-refractivity contribution in [2.75, 3.05) is 6.54 Å². The number of aliphatic carboxylic acids is 1. The van der Waals surface area contributed by atoms with Crippen LogP contribution in [0.15, 0.2) is 0 Å². The number of hydrogen-bond acceptors (Lipinski definition) is 2. The minimum atomic E-state index is -0.799. The molecule has 19 heavy (non-hydrogen) atoms. The fourth-order valence-corrected chi connectivity index (χ4v) is 3.41. The van der Waals surface area contributed by atoms with Gasteiger partial charge in [0.15, 0.2) is 0 Å². The first kappa shape index (κ1) is 12.9. The van der Waals surface area contributed by atoms with Gasteiger partial charge in [-0.2, -0.15) is 0 Å². The van der Waals surface area contributed by atoms with Crippen LogP contribution in [0.25, 0.3) is 0 Å². The highest BCUT2D eigenvalue weighted by Gasteiger charge is 2.51. The summed E-state index contributed by atoms with van der Waals surface area (Å²) in [6.07, 6.45) is 9.18. The molecule has 2 atom stereocenters. The maximum Gasteiger partial charge on any atom is 0.307 e. The second kappa shape index (κ2) is 5.14. The molecular weight excluding hydrogens is 242 g/mol. The smallest absolute Gasteiger partial charge is 0.307 e. The Morgan fingerprint density at radius 3 is 2.21 bits per heavy atom. The third-order valence-electron chi connectivity index (χ3n) is 4.88. The molecule has 3 rings (SSSR count). The predicted molar refractivity (Wildman–Crippen MR) is 70.5 cm³/mol. The fourth-order valence-electron chi connectivity index (χ4n) is 3.41. The van der Waals surface area contributed by atoms with Gasteiger partial charge in [-0.3, -0.25) is 9.59 Å². The van der Waals surface area contributed by atoms with E-state index in [0.29, 0.717) is 18.4 Å². The number of carboxylic acids is 1. The van der Waals surface area contributed by atoms with Crippen molar-refractivity contribution in [2.24, 2.45) is 17.8 Å². The lowest BCUT2D eigenvalue weighted by molar-refractivity contribution is -0.142. The first-order valence-electron chi connectivity index (χ1n) is 7.70. The van der Waals surface area contributed by atoms with E-state index in [-0.39, 0.29) is 11.8 Å². The molecule has 1 amide bonds. The average molecular weight is 265 g/mol. The third kappa shape index (κ3) is 2.93. The molecule has 1 N–H and O–H groups in total. The van der Waals surface area contributed by atoms with E-state index in [9.17, 15) is 9.59 Å². The first-order valence-corrected chi connectivity index (χ1v) is 7.70. The van der Waals surface area contributed by atoms with Gasteiger partial charge >= 0.3 is 5.97 Å². The van der Waals surface area contributed by atoms with Crippen LogP contribution in [0.3, 0.4) is 0 Å². The van der Waals surface area contributed by atoms with Crippen molar-refractivity contribution in [3.8, 4) is 0 Å². The summed E-state index contributed by atoms with van der Waals surface area (Å²) in [5.41, 5.74) is 0. The SMILES string of the molecule is O=C(O)[C@H]1C[C@H]1C(=O)N(CC1CCCCC1)C1CC1. The van der Waals surface area contributed by atoms with Crippen LogP contribution in [-0.4, -0.2) is 34.5 Å². The van der Waals surface area contributed by atoms with Gasteiger partial charge in [-0.05, 0) is 38.0 Å². The lowest BCUT2D eigenvalue weighted by atomic mass is 9.89. The molecular formula is C15H23NO3. The van der Waals surface area contributed by atoms with Crippen LogP contribution < -0.4 is 0 Å². The first-order chi connectivity index (χ1) is 9.16. The largest absolute Gasteiger partial charge is 0.481 e. The quantitative estimate of drug-likeness (QED) is 0.829. The Kier molecular flexibility index (Phi) is 3.50. The Morgan fingerprint density at radius 2 is 1.68 bits per heavy atom. The molecule has 3 fully saturated rings. The molecule has 0 spiro atoms. The number of rotatable bonds is 5. The normalized spacial score (nSPS) is 30.9. The van der Waals surface area contributed by atoms with Crippen LogP contribution in [0.4, 0.5) is 0 Å². The van der Waals surface area contributed by atoms with E-state index in [0.717, 1.165) is 19.4 Å². The number of amides is 1. The van der Waals surface area contributed by atoms with E-state index in [2.05, 4.69) is 0 Å². The molecule has 4 nitrogen and oxygen atoms in total. The zero-order valence-corrected chi connectivity index (χ0v) is 11.4. The van der Waals surface area contributed by atoms with E-state index in [1.165, 1.54) is 32.1 Å². The van der Waals surface area contributed by atoms with Crippen molar-refractivity contribution >= 4 is 11.9 Å². The van der Waals surface area contributed by atoms with Crippen molar-refractivity contribution in [3.63, 3.8) is 0 Å². The predicted octanol–water partition coefficient (Wildman–Crippen LogP) is 2.28. The highest BCUT2D eigenvalue weighted by molar-refractivity contribution is 5.89. The lowest BCUT2D eigenvalue weighted by Gasteiger charge is -2.30. The maximum absolute atomic E-state index is 12.4. The van der Waals surface area contributed by atoms with E-state index < -0.39 is 11.9 Å². The summed E-state index contributed by atoms with van der Waals surface area (Å²) in [6.45, 7) is 0.881. The Labute approximate surface area is 114 Å². The maximum atomic E-state index is 12.4. The molecule has 4 heteroatoms. The molecule has 3 saturated carbocycles. The van der Waals surface area contributed by atoms with Gasteiger partial charge in [-0.1, -0.05) is 19.3 Å². The molecule has 0 aromatic carbocycles. The zero-order valence-electron chi connectivity index (χ0n) is 11.4. The van der Waals surface area contributed by atoms with Crippen molar-refractivity contribution in [1.82, 2.24) is 4.90 Å². The monoisotopic (exact) mass is 265 g/mol. The highest BCUT2D eigenvalue weighted by atomic mass is 16.4. The number of carbonyl (C=O) groups is 2. The van der Waals surface area contributed by atoms with Crippen LogP contribution >= 0.6 is 0 Å². The number of carbonyl (C=O) groups excluding carboxylic acids is 1. The fraction of sp³-hybridized carbons (Fsp3) is 0.867. The van der Waals surface area contributed by atoms with Gasteiger partial charge in [0.05, 0.1) is 11.8 Å². The summed E-state index contributed by atoms with van der Waals surface area (Å²) in [5.74, 6) is -0.644. The molecule has 0 aliphatic heterocycles. The van der Waals surface area contributed by atoms with Gasteiger partial charge in [0.2, 0.25) is 5.91 Å². The van der Waals surface area contributed by atoms with E-state index >= 15 is 0 Å². The summed E-state index contributed by atoms with van der Waals surface area (Å²) < 4.78 is 0. The summed E-state index contributed by atoms with van der Waals surface area (Å²) in [5, 5.41) is 8.96. The summed E-state index contributed by atoms with van der Waals surface area (Å²) in [6, 6.07) is 0.421. The Balaban J connectivity index is 1.58. The lowest BCUT2D eigenvalue weighted by Crippen LogP contribution is -2.39. The van der Waals surface area contributed by atoms with Gasteiger partial charge in [0.1, 0.15) is 0 Å². The summed E-state index contributed by atoms with van der Waals surface area (Å²) in [4.78, 5) is 25.4. The number of hydrogen-bond donors (Lipinski definition) is 1. The molecule has 0 saturated heterocycles. The Morgan fingerprint density at radius 1 is 1.00 bits per heavy atom. The van der Waals surface area contributed by atoms with Crippen molar-refractivity contribution in [2.45, 2.75) is 57.4 Å². The van der Waals surface area contributed by atoms with Crippen LogP contribution in [0.2, 0.25) is 0 Å². The van der Waals surface area contributed by atoms with Gasteiger partial charge < -0.3 is 10.0 Å². The van der Waals surface area contributed by atoms with Crippen LogP contribution in [0.5, 0.6) is 0 Å². The van der Waals surface area contributed by atoms with Crippen LogP contribution in [0.1, 0.15) is 51.4 Å². The Bertz CT molecular complexity index is 372. The molecule has 0 heterocycles. The Hall–Kier alpha value is -1.06.